The van der Waals surface area contributed by atoms with Gasteiger partial charge in [0, 0.05) is 15.4 Å². The van der Waals surface area contributed by atoms with Crippen molar-refractivity contribution in [2.24, 2.45) is 0 Å². The van der Waals surface area contributed by atoms with Gasteiger partial charge in [-0.05, 0) is 60.9 Å². The second-order valence-corrected chi connectivity index (χ2v) is 7.91. The number of rotatable bonds is 2. The number of para-hydroxylation sites is 1. The average molecular weight is 336 g/mol. The lowest BCUT2D eigenvalue weighted by Gasteiger charge is -2.21. The molecule has 1 aliphatic heterocycles. The predicted octanol–water partition coefficient (Wildman–Crippen LogP) is 6.88. The fourth-order valence-corrected chi connectivity index (χ4v) is 5.21. The standard InChI is InChI=1S/C20H16OS2/c1-13-8-9-16-17-12-18(21-15-6-4-3-5-7-15)14(2)11-20(17)23-22-19(16)10-13/h3-12H,1-2H3. The molecule has 0 N–H and O–H groups in total. The lowest BCUT2D eigenvalue weighted by molar-refractivity contribution is 0.478. The van der Waals surface area contributed by atoms with Gasteiger partial charge in [0.15, 0.2) is 0 Å². The number of aryl methyl sites for hydroxylation is 2. The summed E-state index contributed by atoms with van der Waals surface area (Å²) in [6.07, 6.45) is 0. The summed E-state index contributed by atoms with van der Waals surface area (Å²) in [5.74, 6) is 1.80. The zero-order chi connectivity index (χ0) is 15.8. The van der Waals surface area contributed by atoms with Gasteiger partial charge >= 0.3 is 0 Å². The maximum atomic E-state index is 6.10. The topological polar surface area (TPSA) is 9.23 Å². The van der Waals surface area contributed by atoms with Gasteiger partial charge < -0.3 is 4.74 Å². The highest BCUT2D eigenvalue weighted by Gasteiger charge is 2.19. The molecule has 0 saturated heterocycles. The van der Waals surface area contributed by atoms with Gasteiger partial charge in [-0.15, -0.1) is 0 Å². The molecule has 0 bridgehead atoms. The van der Waals surface area contributed by atoms with Crippen LogP contribution in [0.1, 0.15) is 11.1 Å². The van der Waals surface area contributed by atoms with E-state index in [0.717, 1.165) is 17.1 Å². The molecular weight excluding hydrogens is 320 g/mol. The van der Waals surface area contributed by atoms with E-state index in [-0.39, 0.29) is 0 Å². The monoisotopic (exact) mass is 336 g/mol. The number of hydrogen-bond donors (Lipinski definition) is 0. The smallest absolute Gasteiger partial charge is 0.131 e. The number of fused-ring (bicyclic) bond motifs is 3. The lowest BCUT2D eigenvalue weighted by Crippen LogP contribution is -1.94. The molecule has 3 aromatic carbocycles. The van der Waals surface area contributed by atoms with Crippen LogP contribution in [0, 0.1) is 13.8 Å². The highest BCUT2D eigenvalue weighted by Crippen LogP contribution is 2.52. The van der Waals surface area contributed by atoms with Crippen LogP contribution >= 0.6 is 21.6 Å². The van der Waals surface area contributed by atoms with E-state index in [4.69, 9.17) is 4.74 Å². The highest BCUT2D eigenvalue weighted by atomic mass is 33.1. The minimum Gasteiger partial charge on any atom is -0.457 e. The minimum atomic E-state index is 0.873. The third kappa shape index (κ3) is 2.87. The molecule has 0 amide bonds. The molecule has 1 aliphatic rings. The zero-order valence-electron chi connectivity index (χ0n) is 13.0. The first-order valence-corrected chi connectivity index (χ1v) is 9.69. The van der Waals surface area contributed by atoms with Crippen LogP contribution in [0.3, 0.4) is 0 Å². The summed E-state index contributed by atoms with van der Waals surface area (Å²) < 4.78 is 6.10. The van der Waals surface area contributed by atoms with Gasteiger partial charge in [0.05, 0.1) is 0 Å². The number of hydrogen-bond acceptors (Lipinski definition) is 3. The summed E-state index contributed by atoms with van der Waals surface area (Å²) in [7, 11) is 3.67. The molecular formula is C20H16OS2. The molecule has 0 aromatic heterocycles. The minimum absolute atomic E-state index is 0.873. The van der Waals surface area contributed by atoms with Crippen LogP contribution in [-0.4, -0.2) is 0 Å². The molecule has 3 aromatic rings. The molecule has 0 atom stereocenters. The van der Waals surface area contributed by atoms with Crippen LogP contribution < -0.4 is 4.74 Å². The van der Waals surface area contributed by atoms with E-state index in [9.17, 15) is 0 Å². The van der Waals surface area contributed by atoms with Crippen molar-refractivity contribution >= 4 is 21.6 Å². The second kappa shape index (κ2) is 5.99. The van der Waals surface area contributed by atoms with Crippen molar-refractivity contribution in [3.63, 3.8) is 0 Å². The normalized spacial score (nSPS) is 12.4. The summed E-state index contributed by atoms with van der Waals surface area (Å²) in [6.45, 7) is 4.24. The number of ether oxygens (including phenoxy) is 1. The van der Waals surface area contributed by atoms with Crippen LogP contribution in [-0.2, 0) is 0 Å². The van der Waals surface area contributed by atoms with Crippen LogP contribution in [0.4, 0.5) is 0 Å². The third-order valence-corrected chi connectivity index (χ3v) is 6.34. The Balaban J connectivity index is 1.80. The first-order chi connectivity index (χ1) is 11.2. The van der Waals surface area contributed by atoms with Crippen molar-refractivity contribution in [1.82, 2.24) is 0 Å². The van der Waals surface area contributed by atoms with Crippen molar-refractivity contribution < 1.29 is 4.74 Å². The molecule has 0 aliphatic carbocycles. The summed E-state index contributed by atoms with van der Waals surface area (Å²) in [5, 5.41) is 0. The molecule has 0 saturated carbocycles. The second-order valence-electron chi connectivity index (χ2n) is 5.70. The summed E-state index contributed by atoms with van der Waals surface area (Å²) in [6, 6.07) is 21.0. The van der Waals surface area contributed by atoms with E-state index in [1.165, 1.54) is 26.5 Å². The van der Waals surface area contributed by atoms with E-state index in [0.29, 0.717) is 0 Å². The Bertz CT molecular complexity index is 872. The lowest BCUT2D eigenvalue weighted by atomic mass is 10.0. The van der Waals surface area contributed by atoms with Crippen LogP contribution in [0.2, 0.25) is 0 Å². The van der Waals surface area contributed by atoms with Gasteiger partial charge in [-0.2, -0.15) is 0 Å². The van der Waals surface area contributed by atoms with E-state index in [1.54, 1.807) is 0 Å². The maximum absolute atomic E-state index is 6.10. The van der Waals surface area contributed by atoms with E-state index in [1.807, 2.05) is 51.9 Å². The van der Waals surface area contributed by atoms with Gasteiger partial charge in [-0.1, -0.05) is 51.9 Å². The zero-order valence-corrected chi connectivity index (χ0v) is 14.6. The van der Waals surface area contributed by atoms with Crippen molar-refractivity contribution in [3.05, 3.63) is 71.8 Å². The van der Waals surface area contributed by atoms with Gasteiger partial charge in [0.25, 0.3) is 0 Å². The SMILES string of the molecule is Cc1ccc2c(c1)SSc1cc(C)c(Oc3ccccc3)cc1-2. The highest BCUT2D eigenvalue weighted by molar-refractivity contribution is 8.76. The molecule has 114 valence electrons. The van der Waals surface area contributed by atoms with E-state index < -0.39 is 0 Å². The largest absolute Gasteiger partial charge is 0.457 e. The van der Waals surface area contributed by atoms with Gasteiger partial charge in [-0.25, -0.2) is 0 Å². The quantitative estimate of drug-likeness (QED) is 0.472. The van der Waals surface area contributed by atoms with Crippen molar-refractivity contribution in [3.8, 4) is 22.6 Å². The Labute approximate surface area is 144 Å². The Hall–Kier alpha value is -1.84. The van der Waals surface area contributed by atoms with Crippen LogP contribution in [0.5, 0.6) is 11.5 Å². The first-order valence-electron chi connectivity index (χ1n) is 7.54. The Morgan fingerprint density at radius 2 is 1.48 bits per heavy atom. The molecule has 4 rings (SSSR count). The molecule has 23 heavy (non-hydrogen) atoms. The Kier molecular flexibility index (Phi) is 3.83. The average Bonchev–Trinajstić information content (AvgIpc) is 2.56. The van der Waals surface area contributed by atoms with Crippen LogP contribution in [0.15, 0.2) is 70.5 Å². The van der Waals surface area contributed by atoms with Gasteiger partial charge in [0.2, 0.25) is 0 Å². The summed E-state index contributed by atoms with van der Waals surface area (Å²) in [5.41, 5.74) is 5.02. The van der Waals surface area contributed by atoms with Crippen molar-refractivity contribution in [2.75, 3.05) is 0 Å². The van der Waals surface area contributed by atoms with Crippen molar-refractivity contribution in [2.45, 2.75) is 23.6 Å². The molecule has 1 nitrogen and oxygen atoms in total. The van der Waals surface area contributed by atoms with Crippen LogP contribution in [0.25, 0.3) is 11.1 Å². The molecule has 0 radical (unpaired) electrons. The maximum Gasteiger partial charge on any atom is 0.131 e. The molecule has 0 unspecified atom stereocenters. The molecule has 3 heteroatoms. The van der Waals surface area contributed by atoms with Gasteiger partial charge in [-0.3, -0.25) is 0 Å². The first kappa shape index (κ1) is 14.7. The fraction of sp³-hybridized carbons (Fsp3) is 0.100. The van der Waals surface area contributed by atoms with Crippen molar-refractivity contribution in [1.29, 1.82) is 0 Å². The summed E-state index contributed by atoms with van der Waals surface area (Å²) >= 11 is 0. The Morgan fingerprint density at radius 1 is 0.739 bits per heavy atom. The van der Waals surface area contributed by atoms with E-state index in [2.05, 4.69) is 44.2 Å². The fourth-order valence-electron chi connectivity index (χ4n) is 2.68. The predicted molar refractivity (Wildman–Crippen MR) is 99.6 cm³/mol. The molecule has 0 fully saturated rings. The Morgan fingerprint density at radius 3 is 2.26 bits per heavy atom. The third-order valence-electron chi connectivity index (χ3n) is 3.90. The molecule has 1 heterocycles. The van der Waals surface area contributed by atoms with E-state index >= 15 is 0 Å². The van der Waals surface area contributed by atoms with Gasteiger partial charge in [0.1, 0.15) is 11.5 Å². The molecule has 0 spiro atoms. The summed E-state index contributed by atoms with van der Waals surface area (Å²) in [4.78, 5) is 2.64. The number of benzene rings is 3.